The fourth-order valence-corrected chi connectivity index (χ4v) is 2.60. The third kappa shape index (κ3) is 1.53. The Balaban J connectivity index is 2.24. The second-order valence-corrected chi connectivity index (χ2v) is 4.55. The lowest BCUT2D eigenvalue weighted by Gasteiger charge is -2.18. The van der Waals surface area contributed by atoms with Crippen molar-refractivity contribution in [2.24, 2.45) is 10.2 Å². The van der Waals surface area contributed by atoms with E-state index in [1.807, 2.05) is 5.38 Å². The van der Waals surface area contributed by atoms with Crippen LogP contribution >= 0.6 is 11.3 Å². The number of hydrogen-bond acceptors (Lipinski definition) is 5. The van der Waals surface area contributed by atoms with E-state index in [9.17, 15) is 4.79 Å². The fourth-order valence-electron chi connectivity index (χ4n) is 1.86. The van der Waals surface area contributed by atoms with E-state index in [0.717, 1.165) is 0 Å². The van der Waals surface area contributed by atoms with Gasteiger partial charge in [-0.25, -0.2) is 4.98 Å². The highest BCUT2D eigenvalue weighted by Gasteiger charge is 2.32. The molecule has 3 rings (SSSR count). The smallest absolute Gasteiger partial charge is 0.279 e. The number of nitrogen functional groups attached to an aromatic ring is 1. The number of hydrogen-bond donors (Lipinski definition) is 1. The van der Waals surface area contributed by atoms with Gasteiger partial charge in [0.05, 0.1) is 5.69 Å². The molecule has 2 N–H and O–H groups in total. The molecule has 1 aromatic heterocycles. The molecule has 1 unspecified atom stereocenters. The predicted octanol–water partition coefficient (Wildman–Crippen LogP) is 2.48. The zero-order valence-corrected chi connectivity index (χ0v) is 9.52. The van der Waals surface area contributed by atoms with E-state index in [0.29, 0.717) is 21.9 Å². The maximum Gasteiger partial charge on any atom is 0.279 e. The molecule has 1 aliphatic rings. The van der Waals surface area contributed by atoms with Gasteiger partial charge in [-0.1, -0.05) is 6.07 Å². The first-order valence-corrected chi connectivity index (χ1v) is 5.88. The second kappa shape index (κ2) is 3.74. The van der Waals surface area contributed by atoms with Crippen molar-refractivity contribution in [2.75, 3.05) is 5.73 Å². The van der Waals surface area contributed by atoms with Crippen LogP contribution in [0, 0.1) is 0 Å². The molecule has 2 heterocycles. The Kier molecular flexibility index (Phi) is 2.22. The van der Waals surface area contributed by atoms with Crippen molar-refractivity contribution < 1.29 is 4.79 Å². The first-order valence-electron chi connectivity index (χ1n) is 5.01. The third-order valence-electron chi connectivity index (χ3n) is 2.61. The van der Waals surface area contributed by atoms with Crippen LogP contribution in [0.4, 0.5) is 11.4 Å². The van der Waals surface area contributed by atoms with E-state index in [4.69, 9.17) is 5.73 Å². The minimum atomic E-state index is -0.510. The van der Waals surface area contributed by atoms with Crippen molar-refractivity contribution in [3.63, 3.8) is 0 Å². The van der Waals surface area contributed by atoms with Crippen LogP contribution in [0.5, 0.6) is 0 Å². The Morgan fingerprint density at radius 2 is 2.18 bits per heavy atom. The number of carbonyl (C=O) groups excluding carboxylic acids is 1. The number of fused-ring (bicyclic) bond motifs is 1. The molecule has 6 heteroatoms. The molecule has 5 nitrogen and oxygen atoms in total. The summed E-state index contributed by atoms with van der Waals surface area (Å²) in [6.07, 6.45) is 1.66. The summed E-state index contributed by atoms with van der Waals surface area (Å²) < 4.78 is 0. The quantitative estimate of drug-likeness (QED) is 0.782. The lowest BCUT2D eigenvalue weighted by molar-refractivity contribution is -0.119. The molecular weight excluding hydrogens is 236 g/mol. The summed E-state index contributed by atoms with van der Waals surface area (Å²) >= 11 is 1.42. The molecule has 1 aliphatic heterocycles. The van der Waals surface area contributed by atoms with Gasteiger partial charge in [0.2, 0.25) is 0 Å². The van der Waals surface area contributed by atoms with Gasteiger partial charge in [0.1, 0.15) is 10.9 Å². The normalized spacial score (nSPS) is 18.1. The Labute approximate surface area is 101 Å². The maximum absolute atomic E-state index is 11.9. The minimum absolute atomic E-state index is 0.314. The molecule has 0 saturated carbocycles. The number of aromatic nitrogens is 1. The van der Waals surface area contributed by atoms with Gasteiger partial charge in [-0.05, 0) is 12.1 Å². The van der Waals surface area contributed by atoms with E-state index in [1.165, 1.54) is 11.3 Å². The molecule has 0 aliphatic carbocycles. The van der Waals surface area contributed by atoms with Crippen LogP contribution in [0.2, 0.25) is 0 Å². The Hall–Kier alpha value is -2.08. The zero-order valence-electron chi connectivity index (χ0n) is 8.70. The fraction of sp³-hybridized carbons (Fsp3) is 0.0909. The number of thiazole rings is 1. The second-order valence-electron chi connectivity index (χ2n) is 3.62. The van der Waals surface area contributed by atoms with E-state index >= 15 is 0 Å². The molecular formula is C11H8N4OS. The molecule has 0 bridgehead atoms. The zero-order chi connectivity index (χ0) is 11.8. The van der Waals surface area contributed by atoms with Crippen molar-refractivity contribution in [3.05, 3.63) is 40.3 Å². The molecule has 17 heavy (non-hydrogen) atoms. The predicted molar refractivity (Wildman–Crippen MR) is 64.3 cm³/mol. The summed E-state index contributed by atoms with van der Waals surface area (Å²) in [5.74, 6) is -0.825. The molecule has 0 saturated heterocycles. The number of rotatable bonds is 1. The molecule has 84 valence electrons. The van der Waals surface area contributed by atoms with E-state index in [2.05, 4.69) is 15.2 Å². The highest BCUT2D eigenvalue weighted by atomic mass is 32.1. The molecule has 1 aromatic carbocycles. The van der Waals surface area contributed by atoms with Crippen LogP contribution in [-0.2, 0) is 4.79 Å². The largest absolute Gasteiger partial charge is 0.398 e. The number of amides is 1. The van der Waals surface area contributed by atoms with Crippen LogP contribution in [0.25, 0.3) is 0 Å². The van der Waals surface area contributed by atoms with Crippen molar-refractivity contribution in [1.82, 2.24) is 4.98 Å². The van der Waals surface area contributed by atoms with Crippen LogP contribution < -0.4 is 5.73 Å². The van der Waals surface area contributed by atoms with Crippen LogP contribution in [-0.4, -0.2) is 10.9 Å². The molecule has 0 radical (unpaired) electrons. The van der Waals surface area contributed by atoms with Crippen LogP contribution in [0.1, 0.15) is 16.5 Å². The van der Waals surface area contributed by atoms with Gasteiger partial charge in [0, 0.05) is 22.8 Å². The lowest BCUT2D eigenvalue weighted by Crippen LogP contribution is -2.16. The molecule has 1 atom stereocenters. The highest BCUT2D eigenvalue weighted by Crippen LogP contribution is 2.40. The van der Waals surface area contributed by atoms with Gasteiger partial charge in [0.25, 0.3) is 5.91 Å². The van der Waals surface area contributed by atoms with Crippen molar-refractivity contribution >= 4 is 28.6 Å². The van der Waals surface area contributed by atoms with Gasteiger partial charge in [-0.3, -0.25) is 4.79 Å². The first kappa shape index (κ1) is 10.1. The number of carbonyl (C=O) groups is 1. The van der Waals surface area contributed by atoms with Gasteiger partial charge in [-0.2, -0.15) is 0 Å². The Bertz CT molecular complexity index is 606. The highest BCUT2D eigenvalue weighted by molar-refractivity contribution is 7.09. The Morgan fingerprint density at radius 1 is 1.29 bits per heavy atom. The van der Waals surface area contributed by atoms with Crippen molar-refractivity contribution in [1.29, 1.82) is 0 Å². The number of nitrogens with two attached hydrogens (primary N) is 1. The SMILES string of the molecule is Nc1cccc2c1C(c1nccs1)C(=O)N=N2. The van der Waals surface area contributed by atoms with Crippen molar-refractivity contribution in [3.8, 4) is 0 Å². The minimum Gasteiger partial charge on any atom is -0.398 e. The number of benzene rings is 1. The van der Waals surface area contributed by atoms with E-state index < -0.39 is 5.92 Å². The van der Waals surface area contributed by atoms with E-state index in [1.54, 1.807) is 24.4 Å². The average Bonchev–Trinajstić information content (AvgIpc) is 2.83. The summed E-state index contributed by atoms with van der Waals surface area (Å²) in [5.41, 5.74) is 7.83. The molecule has 0 spiro atoms. The lowest BCUT2D eigenvalue weighted by atomic mass is 9.94. The monoisotopic (exact) mass is 244 g/mol. The van der Waals surface area contributed by atoms with Crippen LogP contribution in [0.3, 0.4) is 0 Å². The summed E-state index contributed by atoms with van der Waals surface area (Å²) in [6.45, 7) is 0. The van der Waals surface area contributed by atoms with Gasteiger partial charge < -0.3 is 5.73 Å². The number of nitrogens with zero attached hydrogens (tertiary/aromatic N) is 3. The maximum atomic E-state index is 11.9. The summed E-state index contributed by atoms with van der Waals surface area (Å²) in [4.78, 5) is 16.0. The summed E-state index contributed by atoms with van der Waals surface area (Å²) in [5, 5.41) is 10.0. The number of anilines is 1. The molecule has 0 fully saturated rings. The van der Waals surface area contributed by atoms with Crippen LogP contribution in [0.15, 0.2) is 40.0 Å². The summed E-state index contributed by atoms with van der Waals surface area (Å²) in [7, 11) is 0. The summed E-state index contributed by atoms with van der Waals surface area (Å²) in [6, 6.07) is 5.34. The molecule has 1 amide bonds. The van der Waals surface area contributed by atoms with Gasteiger partial charge in [0.15, 0.2) is 0 Å². The standard InChI is InChI=1S/C11H8N4OS/c12-6-2-1-3-7-8(6)9(10(16)15-14-7)11-13-4-5-17-11/h1-5,9H,12H2. The topological polar surface area (TPSA) is 80.7 Å². The van der Waals surface area contributed by atoms with Gasteiger partial charge >= 0.3 is 0 Å². The Morgan fingerprint density at radius 3 is 2.94 bits per heavy atom. The van der Waals surface area contributed by atoms with Crippen molar-refractivity contribution in [2.45, 2.75) is 5.92 Å². The van der Waals surface area contributed by atoms with Gasteiger partial charge in [-0.15, -0.1) is 21.6 Å². The van der Waals surface area contributed by atoms with E-state index in [-0.39, 0.29) is 5.91 Å². The average molecular weight is 244 g/mol. The first-order chi connectivity index (χ1) is 8.27. The molecule has 2 aromatic rings. The number of azo groups is 1. The third-order valence-corrected chi connectivity index (χ3v) is 3.45.